The number of nitrogens with zero attached hydrogens (tertiary/aromatic N) is 1. The Morgan fingerprint density at radius 2 is 1.88 bits per heavy atom. The zero-order valence-electron chi connectivity index (χ0n) is 15.3. The van der Waals surface area contributed by atoms with E-state index in [0.717, 1.165) is 41.9 Å². The molecule has 1 aliphatic heterocycles. The van der Waals surface area contributed by atoms with Crippen LogP contribution in [0.25, 0.3) is 0 Å². The van der Waals surface area contributed by atoms with E-state index in [-0.39, 0.29) is 23.7 Å². The number of hydrogen-bond donors (Lipinski definition) is 1. The van der Waals surface area contributed by atoms with E-state index in [1.54, 1.807) is 0 Å². The Kier molecular flexibility index (Phi) is 4.27. The summed E-state index contributed by atoms with van der Waals surface area (Å²) in [7, 11) is 0. The molecule has 1 saturated carbocycles. The summed E-state index contributed by atoms with van der Waals surface area (Å²) >= 11 is 0. The molecule has 0 aromatic heterocycles. The van der Waals surface area contributed by atoms with Gasteiger partial charge in [-0.1, -0.05) is 30.3 Å². The van der Waals surface area contributed by atoms with Crippen LogP contribution in [0.3, 0.4) is 0 Å². The van der Waals surface area contributed by atoms with E-state index < -0.39 is 0 Å². The van der Waals surface area contributed by atoms with E-state index in [1.807, 2.05) is 55.1 Å². The number of amides is 2. The minimum Gasteiger partial charge on any atom is -0.326 e. The molecular weight excluding hydrogens is 324 g/mol. The monoisotopic (exact) mass is 348 g/mol. The first kappa shape index (κ1) is 16.8. The summed E-state index contributed by atoms with van der Waals surface area (Å²) in [5.41, 5.74) is 5.24. The van der Waals surface area contributed by atoms with Crippen LogP contribution in [0.5, 0.6) is 0 Å². The molecule has 2 amide bonds. The molecule has 0 spiro atoms. The van der Waals surface area contributed by atoms with Crippen molar-refractivity contribution in [2.45, 2.75) is 33.1 Å². The summed E-state index contributed by atoms with van der Waals surface area (Å²) < 4.78 is 0. The number of benzene rings is 2. The molecule has 134 valence electrons. The number of carbonyl (C=O) groups excluding carboxylic acids is 2. The van der Waals surface area contributed by atoms with Crippen LogP contribution in [0.4, 0.5) is 11.4 Å². The van der Waals surface area contributed by atoms with Crippen LogP contribution in [-0.2, 0) is 16.0 Å². The number of fused-ring (bicyclic) bond motifs is 1. The van der Waals surface area contributed by atoms with Crippen molar-refractivity contribution in [2.24, 2.45) is 11.8 Å². The third-order valence-corrected chi connectivity index (χ3v) is 5.47. The predicted octanol–water partition coefficient (Wildman–Crippen LogP) is 3.86. The van der Waals surface area contributed by atoms with Gasteiger partial charge in [0.05, 0.1) is 11.8 Å². The first-order valence-electron chi connectivity index (χ1n) is 9.32. The van der Waals surface area contributed by atoms with Gasteiger partial charge < -0.3 is 10.2 Å². The molecule has 4 rings (SSSR count). The third kappa shape index (κ3) is 3.12. The zero-order chi connectivity index (χ0) is 18.3. The maximum absolute atomic E-state index is 13.0. The topological polar surface area (TPSA) is 49.4 Å². The molecule has 1 N–H and O–H groups in total. The predicted molar refractivity (Wildman–Crippen MR) is 103 cm³/mol. The van der Waals surface area contributed by atoms with Crippen molar-refractivity contribution < 1.29 is 9.59 Å². The van der Waals surface area contributed by atoms with E-state index in [0.29, 0.717) is 6.42 Å². The Morgan fingerprint density at radius 1 is 1.08 bits per heavy atom. The fourth-order valence-electron chi connectivity index (χ4n) is 3.82. The summed E-state index contributed by atoms with van der Waals surface area (Å²) in [4.78, 5) is 27.4. The van der Waals surface area contributed by atoms with Crippen LogP contribution >= 0.6 is 0 Å². The molecule has 0 bridgehead atoms. The van der Waals surface area contributed by atoms with E-state index >= 15 is 0 Å². The van der Waals surface area contributed by atoms with Crippen molar-refractivity contribution in [3.05, 3.63) is 59.2 Å². The number of nitrogens with one attached hydrogen (secondary N) is 1. The second kappa shape index (κ2) is 6.60. The van der Waals surface area contributed by atoms with E-state index in [2.05, 4.69) is 11.4 Å². The Hall–Kier alpha value is -2.62. The fraction of sp³-hybridized carbons (Fsp3) is 0.364. The first-order valence-corrected chi connectivity index (χ1v) is 9.32. The highest BCUT2D eigenvalue weighted by atomic mass is 16.2. The molecular formula is C22H24N2O2. The van der Waals surface area contributed by atoms with Gasteiger partial charge in [0.1, 0.15) is 0 Å². The summed E-state index contributed by atoms with van der Waals surface area (Å²) in [6, 6.07) is 14.1. The van der Waals surface area contributed by atoms with E-state index in [1.165, 1.54) is 5.56 Å². The zero-order valence-corrected chi connectivity index (χ0v) is 15.3. The van der Waals surface area contributed by atoms with Crippen molar-refractivity contribution in [1.82, 2.24) is 0 Å². The molecule has 0 saturated heterocycles. The smallest absolute Gasteiger partial charge is 0.230 e. The van der Waals surface area contributed by atoms with Crippen LogP contribution in [0.15, 0.2) is 42.5 Å². The first-order chi connectivity index (χ1) is 12.5. The second-order valence-electron chi connectivity index (χ2n) is 7.48. The van der Waals surface area contributed by atoms with Crippen LogP contribution in [0.2, 0.25) is 0 Å². The molecule has 1 fully saturated rings. The average Bonchev–Trinajstić information content (AvgIpc) is 3.44. The molecule has 0 radical (unpaired) electrons. The lowest BCUT2D eigenvalue weighted by Gasteiger charge is -2.29. The Bertz CT molecular complexity index is 874. The van der Waals surface area contributed by atoms with Gasteiger partial charge in [-0.25, -0.2) is 0 Å². The maximum atomic E-state index is 13.0. The molecule has 1 aliphatic carbocycles. The molecule has 2 aromatic carbocycles. The normalized spacial score (nSPS) is 21.1. The number of hydrogen-bond acceptors (Lipinski definition) is 2. The van der Waals surface area contributed by atoms with Gasteiger partial charge in [0.25, 0.3) is 0 Å². The van der Waals surface area contributed by atoms with Gasteiger partial charge in [0.2, 0.25) is 11.8 Å². The molecule has 2 aliphatic rings. The van der Waals surface area contributed by atoms with Gasteiger partial charge in [-0.2, -0.15) is 0 Å². The summed E-state index contributed by atoms with van der Waals surface area (Å²) in [5.74, 6) is -0.344. The summed E-state index contributed by atoms with van der Waals surface area (Å²) in [6.07, 6.45) is 2.64. The van der Waals surface area contributed by atoms with Crippen molar-refractivity contribution >= 4 is 23.2 Å². The van der Waals surface area contributed by atoms with E-state index in [9.17, 15) is 9.59 Å². The lowest BCUT2D eigenvalue weighted by atomic mass is 10.0. The average molecular weight is 348 g/mol. The van der Waals surface area contributed by atoms with Crippen molar-refractivity contribution in [3.8, 4) is 0 Å². The summed E-state index contributed by atoms with van der Waals surface area (Å²) in [5, 5.41) is 3.01. The van der Waals surface area contributed by atoms with Crippen molar-refractivity contribution in [2.75, 3.05) is 16.8 Å². The van der Waals surface area contributed by atoms with Crippen LogP contribution in [0.1, 0.15) is 29.5 Å². The summed E-state index contributed by atoms with van der Waals surface area (Å²) in [6.45, 7) is 4.74. The molecule has 1 heterocycles. The minimum absolute atomic E-state index is 0.0395. The van der Waals surface area contributed by atoms with Gasteiger partial charge in [0.15, 0.2) is 0 Å². The molecule has 4 nitrogen and oxygen atoms in total. The van der Waals surface area contributed by atoms with Gasteiger partial charge in [-0.05, 0) is 61.9 Å². The lowest BCUT2D eigenvalue weighted by molar-refractivity contribution is -0.123. The Balaban J connectivity index is 1.44. The van der Waals surface area contributed by atoms with Crippen molar-refractivity contribution in [1.29, 1.82) is 0 Å². The van der Waals surface area contributed by atoms with Gasteiger partial charge in [-0.15, -0.1) is 0 Å². The largest absolute Gasteiger partial charge is 0.326 e. The number of anilines is 2. The van der Waals surface area contributed by atoms with Crippen molar-refractivity contribution in [3.63, 3.8) is 0 Å². The highest BCUT2D eigenvalue weighted by Gasteiger charge is 2.50. The fourth-order valence-corrected chi connectivity index (χ4v) is 3.82. The van der Waals surface area contributed by atoms with Gasteiger partial charge in [-0.3, -0.25) is 9.59 Å². The van der Waals surface area contributed by atoms with Gasteiger partial charge >= 0.3 is 0 Å². The standard InChI is InChI=1S/C22H24N2O2/c1-14-9-10-15(2)19(12-14)23-21(25)17-13-18(17)22(26)24-11-5-7-16-6-3-4-8-20(16)24/h3-4,6,8-10,12,17-18H,5,7,11,13H2,1-2H3,(H,23,25). The quantitative estimate of drug-likeness (QED) is 0.916. The third-order valence-electron chi connectivity index (χ3n) is 5.47. The SMILES string of the molecule is Cc1ccc(C)c(NC(=O)C2CC2C(=O)N2CCCc3ccccc32)c1. The molecule has 2 atom stereocenters. The second-order valence-corrected chi connectivity index (χ2v) is 7.48. The van der Waals surface area contributed by atoms with Gasteiger partial charge in [0, 0.05) is 17.9 Å². The Labute approximate surface area is 154 Å². The van der Waals surface area contributed by atoms with Crippen LogP contribution < -0.4 is 10.2 Å². The highest BCUT2D eigenvalue weighted by Crippen LogP contribution is 2.42. The van der Waals surface area contributed by atoms with Crippen LogP contribution in [0, 0.1) is 25.7 Å². The molecule has 4 heteroatoms. The number of para-hydroxylation sites is 1. The Morgan fingerprint density at radius 3 is 2.73 bits per heavy atom. The molecule has 26 heavy (non-hydrogen) atoms. The highest BCUT2D eigenvalue weighted by molar-refractivity contribution is 6.05. The van der Waals surface area contributed by atoms with E-state index in [4.69, 9.17) is 0 Å². The maximum Gasteiger partial charge on any atom is 0.230 e. The minimum atomic E-state index is -0.212. The number of aryl methyl sites for hydroxylation is 3. The number of rotatable bonds is 3. The lowest BCUT2D eigenvalue weighted by Crippen LogP contribution is -2.37. The van der Waals surface area contributed by atoms with Crippen LogP contribution in [-0.4, -0.2) is 18.4 Å². The molecule has 2 aromatic rings. The molecule has 2 unspecified atom stereocenters. The number of carbonyl (C=O) groups is 2.